The van der Waals surface area contributed by atoms with Crippen LogP contribution in [-0.2, 0) is 19.1 Å². The number of benzene rings is 2. The fourth-order valence-corrected chi connectivity index (χ4v) is 5.16. The fourth-order valence-electron chi connectivity index (χ4n) is 5.16. The van der Waals surface area contributed by atoms with Gasteiger partial charge in [-0.05, 0) is 96.0 Å². The molecule has 2 heterocycles. The SMILES string of the molecule is Cc1cc(-c2ccccc2)cc(C)c1C1=C(OC(=O)C(C)(C)C)N[C@H](C2(C)CCC(C)(C)O2)C1=O. The Morgan fingerprint density at radius 1 is 1.00 bits per heavy atom. The number of nitrogens with one attached hydrogen (secondary N) is 1. The van der Waals surface area contributed by atoms with Crippen molar-refractivity contribution in [1.82, 2.24) is 5.32 Å². The topological polar surface area (TPSA) is 64.6 Å². The minimum absolute atomic E-state index is 0.0967. The lowest BCUT2D eigenvalue weighted by Gasteiger charge is -2.33. The van der Waals surface area contributed by atoms with Crippen molar-refractivity contribution in [2.75, 3.05) is 0 Å². The number of rotatable bonds is 4. The molecule has 2 aromatic carbocycles. The number of hydrogen-bond acceptors (Lipinski definition) is 5. The van der Waals surface area contributed by atoms with E-state index in [1.165, 1.54) is 0 Å². The van der Waals surface area contributed by atoms with Gasteiger partial charge < -0.3 is 14.8 Å². The third kappa shape index (κ3) is 4.79. The number of aryl methyl sites for hydroxylation is 2. The van der Waals surface area contributed by atoms with Gasteiger partial charge in [-0.25, -0.2) is 0 Å². The second-order valence-electron chi connectivity index (χ2n) is 11.8. The van der Waals surface area contributed by atoms with E-state index in [-0.39, 0.29) is 23.2 Å². The van der Waals surface area contributed by atoms with Gasteiger partial charge in [-0.1, -0.05) is 42.5 Å². The summed E-state index contributed by atoms with van der Waals surface area (Å²) in [6, 6.07) is 13.7. The van der Waals surface area contributed by atoms with Crippen LogP contribution in [0.5, 0.6) is 0 Å². The minimum atomic E-state index is -0.710. The van der Waals surface area contributed by atoms with Crippen LogP contribution in [0.4, 0.5) is 0 Å². The summed E-state index contributed by atoms with van der Waals surface area (Å²) in [4.78, 5) is 26.9. The maximum atomic E-state index is 14.0. The predicted molar refractivity (Wildman–Crippen MR) is 139 cm³/mol. The Kier molecular flexibility index (Phi) is 6.21. The molecule has 0 saturated carbocycles. The standard InChI is InChI=1S/C30H37NO4/c1-18-16-21(20-12-10-9-11-13-20)17-19(2)22(18)23-24(32)25(30(8)15-14-29(6,7)35-30)31-26(23)34-27(33)28(3,4)5/h9-13,16-17,25,31H,14-15H2,1-8H3/t25-,30?/m0/s1. The highest BCUT2D eigenvalue weighted by molar-refractivity contribution is 6.27. The number of hydrogen-bond donors (Lipinski definition) is 1. The fraction of sp³-hybridized carbons (Fsp3) is 0.467. The van der Waals surface area contributed by atoms with Gasteiger partial charge in [0.15, 0.2) is 5.78 Å². The summed E-state index contributed by atoms with van der Waals surface area (Å²) >= 11 is 0. The molecule has 2 atom stereocenters. The molecule has 0 aliphatic carbocycles. The van der Waals surface area contributed by atoms with E-state index in [4.69, 9.17) is 9.47 Å². The maximum absolute atomic E-state index is 14.0. The molecule has 1 saturated heterocycles. The lowest BCUT2D eigenvalue weighted by atomic mass is 9.85. The van der Waals surface area contributed by atoms with Gasteiger partial charge in [0.2, 0.25) is 5.88 Å². The minimum Gasteiger partial charge on any atom is -0.409 e. The molecule has 0 amide bonds. The first-order chi connectivity index (χ1) is 16.2. The number of esters is 1. The molecule has 2 aliphatic heterocycles. The zero-order chi connectivity index (χ0) is 25.8. The van der Waals surface area contributed by atoms with Gasteiger partial charge in [0.1, 0.15) is 6.04 Å². The van der Waals surface area contributed by atoms with E-state index in [2.05, 4.69) is 29.6 Å². The molecular formula is C30H37NO4. The molecule has 2 aliphatic rings. The lowest BCUT2D eigenvalue weighted by Crippen LogP contribution is -2.51. The van der Waals surface area contributed by atoms with Crippen LogP contribution in [0.25, 0.3) is 16.7 Å². The van der Waals surface area contributed by atoms with E-state index in [1.54, 1.807) is 20.8 Å². The van der Waals surface area contributed by atoms with Crippen LogP contribution in [-0.4, -0.2) is 29.0 Å². The number of carbonyl (C=O) groups excluding carboxylic acids is 2. The van der Waals surface area contributed by atoms with Crippen molar-refractivity contribution < 1.29 is 19.1 Å². The Labute approximate surface area is 208 Å². The molecule has 186 valence electrons. The van der Waals surface area contributed by atoms with Crippen molar-refractivity contribution in [3.63, 3.8) is 0 Å². The molecule has 1 fully saturated rings. The summed E-state index contributed by atoms with van der Waals surface area (Å²) in [5.41, 5.74) is 3.62. The predicted octanol–water partition coefficient (Wildman–Crippen LogP) is 6.12. The highest BCUT2D eigenvalue weighted by Gasteiger charge is 2.53. The first-order valence-corrected chi connectivity index (χ1v) is 12.4. The molecule has 4 rings (SSSR count). The highest BCUT2D eigenvalue weighted by atomic mass is 16.6. The number of carbonyl (C=O) groups is 2. The normalized spacial score (nSPS) is 24.0. The van der Waals surface area contributed by atoms with Gasteiger partial charge in [0, 0.05) is 0 Å². The van der Waals surface area contributed by atoms with E-state index < -0.39 is 17.1 Å². The summed E-state index contributed by atoms with van der Waals surface area (Å²) < 4.78 is 12.3. The molecular weight excluding hydrogens is 438 g/mol. The third-order valence-corrected chi connectivity index (χ3v) is 7.05. The summed E-state index contributed by atoms with van der Waals surface area (Å²) in [6.07, 6.45) is 1.59. The van der Waals surface area contributed by atoms with Crippen molar-refractivity contribution in [3.8, 4) is 11.1 Å². The first kappa shape index (κ1) is 25.2. The monoisotopic (exact) mass is 475 g/mol. The Bertz CT molecular complexity index is 1180. The average molecular weight is 476 g/mol. The van der Waals surface area contributed by atoms with Crippen LogP contribution in [0, 0.1) is 19.3 Å². The van der Waals surface area contributed by atoms with Crippen molar-refractivity contribution in [2.45, 2.75) is 85.5 Å². The molecule has 35 heavy (non-hydrogen) atoms. The molecule has 2 aromatic rings. The van der Waals surface area contributed by atoms with Gasteiger partial charge in [0.05, 0.1) is 22.2 Å². The van der Waals surface area contributed by atoms with E-state index in [1.807, 2.05) is 52.8 Å². The Balaban J connectivity index is 1.80. The van der Waals surface area contributed by atoms with Crippen LogP contribution in [0.2, 0.25) is 0 Å². The number of ketones is 1. The van der Waals surface area contributed by atoms with Gasteiger partial charge in [0.25, 0.3) is 0 Å². The van der Waals surface area contributed by atoms with Gasteiger partial charge >= 0.3 is 5.97 Å². The zero-order valence-corrected chi connectivity index (χ0v) is 22.2. The molecule has 5 heteroatoms. The summed E-state index contributed by atoms with van der Waals surface area (Å²) in [5.74, 6) is -0.256. The summed E-state index contributed by atoms with van der Waals surface area (Å²) in [7, 11) is 0. The van der Waals surface area contributed by atoms with Crippen LogP contribution in [0.15, 0.2) is 48.3 Å². The second kappa shape index (κ2) is 8.63. The van der Waals surface area contributed by atoms with Crippen molar-refractivity contribution >= 4 is 17.3 Å². The maximum Gasteiger partial charge on any atom is 0.317 e. The van der Waals surface area contributed by atoms with Gasteiger partial charge in [-0.3, -0.25) is 9.59 Å². The summed E-state index contributed by atoms with van der Waals surface area (Å²) in [6.45, 7) is 15.5. The van der Waals surface area contributed by atoms with Crippen molar-refractivity contribution in [2.24, 2.45) is 5.41 Å². The molecule has 0 radical (unpaired) electrons. The number of Topliss-reactive ketones (excluding diaryl/α,β-unsaturated/α-hetero) is 1. The van der Waals surface area contributed by atoms with Crippen LogP contribution in [0.3, 0.4) is 0 Å². The first-order valence-electron chi connectivity index (χ1n) is 12.4. The third-order valence-electron chi connectivity index (χ3n) is 7.05. The molecule has 0 bridgehead atoms. The zero-order valence-electron chi connectivity index (χ0n) is 22.2. The Morgan fingerprint density at radius 2 is 1.60 bits per heavy atom. The highest BCUT2D eigenvalue weighted by Crippen LogP contribution is 2.44. The second-order valence-corrected chi connectivity index (χ2v) is 11.8. The quantitative estimate of drug-likeness (QED) is 0.540. The summed E-state index contributed by atoms with van der Waals surface area (Å²) in [5, 5.41) is 3.28. The van der Waals surface area contributed by atoms with Crippen LogP contribution < -0.4 is 5.32 Å². The van der Waals surface area contributed by atoms with Crippen molar-refractivity contribution in [1.29, 1.82) is 0 Å². The molecule has 1 N–H and O–H groups in total. The average Bonchev–Trinajstić information content (AvgIpc) is 3.24. The van der Waals surface area contributed by atoms with Crippen molar-refractivity contribution in [3.05, 3.63) is 65.0 Å². The molecule has 1 unspecified atom stereocenters. The number of ether oxygens (including phenoxy) is 2. The Morgan fingerprint density at radius 3 is 2.11 bits per heavy atom. The van der Waals surface area contributed by atoms with E-state index in [0.717, 1.165) is 40.7 Å². The van der Waals surface area contributed by atoms with E-state index in [0.29, 0.717) is 5.57 Å². The Hall–Kier alpha value is -2.92. The van der Waals surface area contributed by atoms with E-state index >= 15 is 0 Å². The van der Waals surface area contributed by atoms with Gasteiger partial charge in [-0.15, -0.1) is 0 Å². The van der Waals surface area contributed by atoms with Crippen LogP contribution in [0.1, 0.15) is 71.1 Å². The lowest BCUT2D eigenvalue weighted by molar-refractivity contribution is -0.149. The largest absolute Gasteiger partial charge is 0.409 e. The van der Waals surface area contributed by atoms with E-state index in [9.17, 15) is 9.59 Å². The molecule has 5 nitrogen and oxygen atoms in total. The molecule has 0 aromatic heterocycles. The smallest absolute Gasteiger partial charge is 0.317 e. The van der Waals surface area contributed by atoms with Gasteiger partial charge in [-0.2, -0.15) is 0 Å². The van der Waals surface area contributed by atoms with Crippen LogP contribution >= 0.6 is 0 Å². The molecule has 0 spiro atoms.